The minimum absolute atomic E-state index is 0.0927. The summed E-state index contributed by atoms with van der Waals surface area (Å²) in [7, 11) is 0. The molecule has 8 heteroatoms. The molecule has 2 aromatic rings. The number of anilines is 1. The van der Waals surface area contributed by atoms with Gasteiger partial charge >= 0.3 is 0 Å². The number of nitrogens with zero attached hydrogens (tertiary/aromatic N) is 3. The van der Waals surface area contributed by atoms with Crippen LogP contribution < -0.4 is 14.8 Å². The largest absolute Gasteiger partial charge is 0.454 e. The van der Waals surface area contributed by atoms with E-state index in [0.29, 0.717) is 50.2 Å². The van der Waals surface area contributed by atoms with Crippen LogP contribution in [0.3, 0.4) is 0 Å². The van der Waals surface area contributed by atoms with Gasteiger partial charge in [-0.15, -0.1) is 0 Å². The number of hydrogen-bond acceptors (Lipinski definition) is 7. The molecule has 1 amide bonds. The fourth-order valence-corrected chi connectivity index (χ4v) is 2.94. The van der Waals surface area contributed by atoms with E-state index in [9.17, 15) is 4.79 Å². The highest BCUT2D eigenvalue weighted by Gasteiger charge is 2.21. The lowest BCUT2D eigenvalue weighted by Crippen LogP contribution is -2.41. The topological polar surface area (TPSA) is 85.8 Å². The summed E-state index contributed by atoms with van der Waals surface area (Å²) in [6, 6.07) is 7.48. The van der Waals surface area contributed by atoms with Crippen molar-refractivity contribution in [2.24, 2.45) is 0 Å². The van der Waals surface area contributed by atoms with Crippen molar-refractivity contribution in [1.29, 1.82) is 0 Å². The second kappa shape index (κ2) is 7.17. The smallest absolute Gasteiger partial charge is 0.272 e. The van der Waals surface area contributed by atoms with Crippen LogP contribution in [0.1, 0.15) is 21.9 Å². The first-order valence-electron chi connectivity index (χ1n) is 8.54. The summed E-state index contributed by atoms with van der Waals surface area (Å²) in [6.45, 7) is 4.88. The molecular weight excluding hydrogens is 336 g/mol. The number of carbonyl (C=O) groups excluding carboxylic acids is 1. The Balaban J connectivity index is 1.46. The van der Waals surface area contributed by atoms with Gasteiger partial charge in [0.1, 0.15) is 17.3 Å². The van der Waals surface area contributed by atoms with Gasteiger partial charge in [0, 0.05) is 25.7 Å². The second-order valence-corrected chi connectivity index (χ2v) is 6.13. The molecule has 0 radical (unpaired) electrons. The number of benzene rings is 1. The zero-order valence-corrected chi connectivity index (χ0v) is 14.5. The van der Waals surface area contributed by atoms with Gasteiger partial charge in [0.15, 0.2) is 11.5 Å². The molecule has 4 rings (SSSR count). The van der Waals surface area contributed by atoms with Crippen LogP contribution >= 0.6 is 0 Å². The number of aromatic nitrogens is 2. The van der Waals surface area contributed by atoms with Crippen LogP contribution in [0.25, 0.3) is 0 Å². The van der Waals surface area contributed by atoms with Crippen LogP contribution in [-0.2, 0) is 11.3 Å². The molecular formula is C18H20N4O4. The number of fused-ring (bicyclic) bond motifs is 1. The van der Waals surface area contributed by atoms with E-state index in [1.54, 1.807) is 17.9 Å². The van der Waals surface area contributed by atoms with Gasteiger partial charge in [-0.3, -0.25) is 4.79 Å². The highest BCUT2D eigenvalue weighted by molar-refractivity contribution is 5.93. The van der Waals surface area contributed by atoms with Crippen molar-refractivity contribution in [3.8, 4) is 11.5 Å². The number of rotatable bonds is 4. The zero-order valence-electron chi connectivity index (χ0n) is 14.5. The van der Waals surface area contributed by atoms with Crippen LogP contribution in [0, 0.1) is 6.92 Å². The monoisotopic (exact) mass is 356 g/mol. The van der Waals surface area contributed by atoms with Crippen molar-refractivity contribution in [2.45, 2.75) is 13.5 Å². The minimum Gasteiger partial charge on any atom is -0.454 e. The third-order valence-corrected chi connectivity index (χ3v) is 4.27. The molecule has 0 spiro atoms. The van der Waals surface area contributed by atoms with E-state index in [-0.39, 0.29) is 12.7 Å². The first kappa shape index (κ1) is 16.6. The summed E-state index contributed by atoms with van der Waals surface area (Å²) < 4.78 is 16.0. The molecule has 1 N–H and O–H groups in total. The Bertz CT molecular complexity index is 821. The molecule has 0 atom stereocenters. The van der Waals surface area contributed by atoms with E-state index in [4.69, 9.17) is 14.2 Å². The van der Waals surface area contributed by atoms with Gasteiger partial charge < -0.3 is 24.4 Å². The summed E-state index contributed by atoms with van der Waals surface area (Å²) in [4.78, 5) is 23.1. The summed E-state index contributed by atoms with van der Waals surface area (Å²) in [6.07, 6.45) is 0. The maximum absolute atomic E-state index is 12.6. The Kier molecular flexibility index (Phi) is 4.57. The van der Waals surface area contributed by atoms with Crippen LogP contribution in [0.15, 0.2) is 24.3 Å². The lowest BCUT2D eigenvalue weighted by molar-refractivity contribution is 0.0299. The normalized spacial score (nSPS) is 15.8. The van der Waals surface area contributed by atoms with Crippen molar-refractivity contribution in [1.82, 2.24) is 14.9 Å². The molecule has 1 aromatic heterocycles. The Morgan fingerprint density at radius 2 is 1.96 bits per heavy atom. The molecule has 1 saturated heterocycles. The number of morpholine rings is 1. The number of aryl methyl sites for hydroxylation is 1. The highest BCUT2D eigenvalue weighted by atomic mass is 16.7. The van der Waals surface area contributed by atoms with Gasteiger partial charge in [-0.05, 0) is 24.6 Å². The molecule has 8 nitrogen and oxygen atoms in total. The summed E-state index contributed by atoms with van der Waals surface area (Å²) >= 11 is 0. The van der Waals surface area contributed by atoms with Crippen molar-refractivity contribution < 1.29 is 19.0 Å². The number of amides is 1. The van der Waals surface area contributed by atoms with E-state index in [1.165, 1.54) is 0 Å². The van der Waals surface area contributed by atoms with Crippen molar-refractivity contribution in [3.63, 3.8) is 0 Å². The van der Waals surface area contributed by atoms with Gasteiger partial charge in [-0.25, -0.2) is 9.97 Å². The molecule has 1 fully saturated rings. The Morgan fingerprint density at radius 1 is 1.15 bits per heavy atom. The highest BCUT2D eigenvalue weighted by Crippen LogP contribution is 2.32. The standard InChI is InChI=1S/C18H20N4O4/c1-12-20-14(18(23)22-4-6-24-7-5-22)9-17(21-12)19-10-13-2-3-15-16(8-13)26-11-25-15/h2-3,8-9H,4-7,10-11H2,1H3,(H,19,20,21). The number of ether oxygens (including phenoxy) is 3. The molecule has 2 aliphatic heterocycles. The van der Waals surface area contributed by atoms with Gasteiger partial charge in [0.25, 0.3) is 5.91 Å². The maximum Gasteiger partial charge on any atom is 0.272 e. The Morgan fingerprint density at radius 3 is 2.81 bits per heavy atom. The quantitative estimate of drug-likeness (QED) is 0.890. The van der Waals surface area contributed by atoms with Crippen LogP contribution in [0.5, 0.6) is 11.5 Å². The zero-order chi connectivity index (χ0) is 17.9. The van der Waals surface area contributed by atoms with E-state index < -0.39 is 0 Å². The summed E-state index contributed by atoms with van der Waals surface area (Å²) in [5.41, 5.74) is 1.43. The van der Waals surface area contributed by atoms with Crippen LogP contribution in [-0.4, -0.2) is 53.9 Å². The molecule has 2 aliphatic rings. The molecule has 136 valence electrons. The third kappa shape index (κ3) is 3.55. The van der Waals surface area contributed by atoms with Crippen LogP contribution in [0.4, 0.5) is 5.82 Å². The molecule has 0 saturated carbocycles. The molecule has 0 unspecified atom stereocenters. The van der Waals surface area contributed by atoms with E-state index in [2.05, 4.69) is 15.3 Å². The first-order valence-corrected chi connectivity index (χ1v) is 8.54. The number of nitrogens with one attached hydrogen (secondary N) is 1. The predicted octanol–water partition coefficient (Wildman–Crippen LogP) is 1.60. The lowest BCUT2D eigenvalue weighted by Gasteiger charge is -2.26. The predicted molar refractivity (Wildman–Crippen MR) is 93.4 cm³/mol. The SMILES string of the molecule is Cc1nc(NCc2ccc3c(c2)OCO3)cc(C(=O)N2CCOCC2)n1. The van der Waals surface area contributed by atoms with E-state index >= 15 is 0 Å². The molecule has 1 aromatic carbocycles. The maximum atomic E-state index is 12.6. The third-order valence-electron chi connectivity index (χ3n) is 4.27. The van der Waals surface area contributed by atoms with Crippen molar-refractivity contribution in [3.05, 3.63) is 41.3 Å². The number of carbonyl (C=O) groups is 1. The minimum atomic E-state index is -0.0927. The van der Waals surface area contributed by atoms with Gasteiger partial charge in [0.05, 0.1) is 13.2 Å². The molecule has 0 aliphatic carbocycles. The molecule has 0 bridgehead atoms. The average Bonchev–Trinajstić information content (AvgIpc) is 3.14. The van der Waals surface area contributed by atoms with E-state index in [1.807, 2.05) is 18.2 Å². The van der Waals surface area contributed by atoms with E-state index in [0.717, 1.165) is 17.1 Å². The lowest BCUT2D eigenvalue weighted by atomic mass is 10.2. The second-order valence-electron chi connectivity index (χ2n) is 6.13. The van der Waals surface area contributed by atoms with Crippen molar-refractivity contribution in [2.75, 3.05) is 38.4 Å². The van der Waals surface area contributed by atoms with Gasteiger partial charge in [-0.1, -0.05) is 6.07 Å². The molecule has 3 heterocycles. The molecule has 26 heavy (non-hydrogen) atoms. The Labute approximate surface area is 151 Å². The first-order chi connectivity index (χ1) is 12.7. The summed E-state index contributed by atoms with van der Waals surface area (Å²) in [5.74, 6) is 2.57. The average molecular weight is 356 g/mol. The fourth-order valence-electron chi connectivity index (χ4n) is 2.94. The van der Waals surface area contributed by atoms with Gasteiger partial charge in [0.2, 0.25) is 6.79 Å². The number of hydrogen-bond donors (Lipinski definition) is 1. The van der Waals surface area contributed by atoms with Crippen LogP contribution in [0.2, 0.25) is 0 Å². The van der Waals surface area contributed by atoms with Gasteiger partial charge in [-0.2, -0.15) is 0 Å². The van der Waals surface area contributed by atoms with Crippen molar-refractivity contribution >= 4 is 11.7 Å². The Hall–Kier alpha value is -2.87. The summed E-state index contributed by atoms with van der Waals surface area (Å²) in [5, 5.41) is 3.25. The fraction of sp³-hybridized carbons (Fsp3) is 0.389.